The van der Waals surface area contributed by atoms with E-state index in [-0.39, 0.29) is 13.2 Å². The van der Waals surface area contributed by atoms with Crippen LogP contribution in [0, 0.1) is 0 Å². The fourth-order valence-corrected chi connectivity index (χ4v) is 2.37. The Morgan fingerprint density at radius 1 is 1.32 bits per heavy atom. The first kappa shape index (κ1) is 18.6. The molecule has 2 rings (SSSR count). The molecule has 0 aromatic heterocycles. The molecule has 0 atom stereocenters. The molecule has 8 nitrogen and oxygen atoms in total. The zero-order chi connectivity index (χ0) is 18.4. The number of carbonyl (C=O) groups excluding carboxylic acids is 3. The van der Waals surface area contributed by atoms with Gasteiger partial charge in [0, 0.05) is 6.08 Å². The highest BCUT2D eigenvalue weighted by Crippen LogP contribution is 2.36. The molecule has 1 aromatic rings. The van der Waals surface area contributed by atoms with Crippen LogP contribution in [-0.4, -0.2) is 56.8 Å². The number of cyclic esters (lactones) is 1. The van der Waals surface area contributed by atoms with E-state index in [0.29, 0.717) is 22.1 Å². The van der Waals surface area contributed by atoms with Crippen molar-refractivity contribution in [2.45, 2.75) is 0 Å². The highest BCUT2D eigenvalue weighted by molar-refractivity contribution is 6.32. The third-order valence-corrected chi connectivity index (χ3v) is 3.55. The van der Waals surface area contributed by atoms with Crippen molar-refractivity contribution >= 4 is 35.6 Å². The van der Waals surface area contributed by atoms with Crippen LogP contribution in [0.15, 0.2) is 18.2 Å². The van der Waals surface area contributed by atoms with E-state index in [1.54, 1.807) is 12.1 Å². The maximum absolute atomic E-state index is 11.7. The van der Waals surface area contributed by atoms with Gasteiger partial charge in [0.15, 0.2) is 18.1 Å². The first-order valence-corrected chi connectivity index (χ1v) is 7.57. The van der Waals surface area contributed by atoms with E-state index in [1.165, 1.54) is 20.3 Å². The van der Waals surface area contributed by atoms with Gasteiger partial charge in [-0.3, -0.25) is 4.79 Å². The minimum atomic E-state index is -0.744. The fraction of sp³-hybridized carbons (Fsp3) is 0.312. The number of benzene rings is 1. The van der Waals surface area contributed by atoms with E-state index in [4.69, 9.17) is 25.8 Å². The Labute approximate surface area is 148 Å². The number of methoxy groups -OCH3 is 2. The number of carbonyl (C=O) groups is 3. The second-order valence-corrected chi connectivity index (χ2v) is 5.25. The zero-order valence-electron chi connectivity index (χ0n) is 13.6. The van der Waals surface area contributed by atoms with E-state index in [1.807, 2.05) is 0 Å². The summed E-state index contributed by atoms with van der Waals surface area (Å²) in [5.74, 6) is -0.594. The monoisotopic (exact) mass is 369 g/mol. The van der Waals surface area contributed by atoms with Crippen LogP contribution < -0.4 is 9.47 Å². The standard InChI is InChI=1S/C16H16ClNO7/c1-22-12-8-10(7-11(17)15(12)23-2)3-4-14(20)25-9-13(19)18-5-6-24-16(18)21/h3-4,7-8H,5-6,9H2,1-2H3/b4-3+. The highest BCUT2D eigenvalue weighted by Gasteiger charge is 2.28. The largest absolute Gasteiger partial charge is 0.493 e. The number of imide groups is 1. The molecule has 1 aliphatic heterocycles. The van der Waals surface area contributed by atoms with Gasteiger partial charge < -0.3 is 18.9 Å². The van der Waals surface area contributed by atoms with Gasteiger partial charge in [0.2, 0.25) is 0 Å². The molecule has 0 spiro atoms. The molecule has 1 aliphatic rings. The Morgan fingerprint density at radius 2 is 2.08 bits per heavy atom. The summed E-state index contributed by atoms with van der Waals surface area (Å²) in [5, 5.41) is 0.317. The third kappa shape index (κ3) is 4.63. The second kappa shape index (κ2) is 8.39. The van der Waals surface area contributed by atoms with Gasteiger partial charge >= 0.3 is 12.1 Å². The predicted molar refractivity (Wildman–Crippen MR) is 87.6 cm³/mol. The van der Waals surface area contributed by atoms with Crippen molar-refractivity contribution in [1.82, 2.24) is 4.90 Å². The lowest BCUT2D eigenvalue weighted by molar-refractivity contribution is -0.146. The molecular weight excluding hydrogens is 354 g/mol. The van der Waals surface area contributed by atoms with Crippen molar-refractivity contribution in [3.8, 4) is 11.5 Å². The van der Waals surface area contributed by atoms with Gasteiger partial charge in [0.1, 0.15) is 6.61 Å². The summed E-state index contributed by atoms with van der Waals surface area (Å²) in [6, 6.07) is 3.21. The van der Waals surface area contributed by atoms with Crippen molar-refractivity contribution in [3.05, 3.63) is 28.8 Å². The molecule has 0 unspecified atom stereocenters. The van der Waals surface area contributed by atoms with Crippen LogP contribution in [0.2, 0.25) is 5.02 Å². The maximum Gasteiger partial charge on any atom is 0.416 e. The highest BCUT2D eigenvalue weighted by atomic mass is 35.5. The van der Waals surface area contributed by atoms with Crippen LogP contribution in [0.3, 0.4) is 0 Å². The average Bonchev–Trinajstić information content (AvgIpc) is 3.03. The Kier molecular flexibility index (Phi) is 6.24. The van der Waals surface area contributed by atoms with Gasteiger partial charge in [0.05, 0.1) is 25.8 Å². The van der Waals surface area contributed by atoms with Gasteiger partial charge in [-0.15, -0.1) is 0 Å². The zero-order valence-corrected chi connectivity index (χ0v) is 14.4. The molecule has 0 N–H and O–H groups in total. The molecule has 0 saturated carbocycles. The number of esters is 1. The summed E-state index contributed by atoms with van der Waals surface area (Å²) in [7, 11) is 2.93. The smallest absolute Gasteiger partial charge is 0.416 e. The number of hydrogen-bond acceptors (Lipinski definition) is 7. The minimum Gasteiger partial charge on any atom is -0.493 e. The Morgan fingerprint density at radius 3 is 2.68 bits per heavy atom. The number of halogens is 1. The summed E-state index contributed by atoms with van der Waals surface area (Å²) >= 11 is 6.07. The SMILES string of the molecule is COc1cc(/C=C/C(=O)OCC(=O)N2CCOC2=O)cc(Cl)c1OC. The van der Waals surface area contributed by atoms with Crippen molar-refractivity contribution in [2.75, 3.05) is 34.0 Å². The molecular formula is C16H16ClNO7. The van der Waals surface area contributed by atoms with E-state index in [9.17, 15) is 14.4 Å². The third-order valence-electron chi connectivity index (χ3n) is 3.27. The second-order valence-electron chi connectivity index (χ2n) is 4.84. The number of hydrogen-bond donors (Lipinski definition) is 0. The molecule has 1 fully saturated rings. The van der Waals surface area contributed by atoms with Gasteiger partial charge in [0.25, 0.3) is 5.91 Å². The molecule has 2 amide bonds. The number of ether oxygens (including phenoxy) is 4. The molecule has 1 heterocycles. The lowest BCUT2D eigenvalue weighted by Crippen LogP contribution is -2.35. The van der Waals surface area contributed by atoms with Crippen LogP contribution in [0.4, 0.5) is 4.79 Å². The van der Waals surface area contributed by atoms with E-state index < -0.39 is 24.6 Å². The summed E-state index contributed by atoms with van der Waals surface area (Å²) in [4.78, 5) is 35.5. The van der Waals surface area contributed by atoms with Crippen LogP contribution in [-0.2, 0) is 19.1 Å². The predicted octanol–water partition coefficient (Wildman–Crippen LogP) is 1.89. The van der Waals surface area contributed by atoms with Crippen LogP contribution in [0.1, 0.15) is 5.56 Å². The topological polar surface area (TPSA) is 91.4 Å². The molecule has 0 radical (unpaired) electrons. The lowest BCUT2D eigenvalue weighted by atomic mass is 10.2. The minimum absolute atomic E-state index is 0.137. The number of amides is 2. The Balaban J connectivity index is 1.95. The molecule has 25 heavy (non-hydrogen) atoms. The van der Waals surface area contributed by atoms with Crippen molar-refractivity contribution in [2.24, 2.45) is 0 Å². The molecule has 9 heteroatoms. The summed E-state index contributed by atoms with van der Waals surface area (Å²) in [6.45, 7) is -0.265. The Hall–Kier alpha value is -2.74. The lowest BCUT2D eigenvalue weighted by Gasteiger charge is -2.10. The van der Waals surface area contributed by atoms with E-state index in [0.717, 1.165) is 11.0 Å². The van der Waals surface area contributed by atoms with E-state index in [2.05, 4.69) is 4.74 Å². The van der Waals surface area contributed by atoms with Gasteiger partial charge in [-0.05, 0) is 23.8 Å². The van der Waals surface area contributed by atoms with Crippen molar-refractivity contribution < 1.29 is 33.3 Å². The van der Waals surface area contributed by atoms with E-state index >= 15 is 0 Å². The van der Waals surface area contributed by atoms with Crippen LogP contribution >= 0.6 is 11.6 Å². The summed E-state index contributed by atoms with van der Waals surface area (Å²) in [6.07, 6.45) is 1.84. The molecule has 1 saturated heterocycles. The average molecular weight is 370 g/mol. The fourth-order valence-electron chi connectivity index (χ4n) is 2.08. The summed E-state index contributed by atoms with van der Waals surface area (Å²) < 4.78 is 19.7. The van der Waals surface area contributed by atoms with Gasteiger partial charge in [-0.25, -0.2) is 14.5 Å². The molecule has 134 valence electrons. The van der Waals surface area contributed by atoms with Gasteiger partial charge in [-0.1, -0.05) is 11.6 Å². The van der Waals surface area contributed by atoms with Crippen molar-refractivity contribution in [1.29, 1.82) is 0 Å². The maximum atomic E-state index is 11.7. The van der Waals surface area contributed by atoms with Crippen molar-refractivity contribution in [3.63, 3.8) is 0 Å². The van der Waals surface area contributed by atoms with Gasteiger partial charge in [-0.2, -0.15) is 0 Å². The van der Waals surface area contributed by atoms with Crippen LogP contribution in [0.5, 0.6) is 11.5 Å². The number of nitrogens with zero attached hydrogens (tertiary/aromatic N) is 1. The summed E-state index contributed by atoms with van der Waals surface area (Å²) in [5.41, 5.74) is 0.578. The first-order valence-electron chi connectivity index (χ1n) is 7.19. The normalized spacial score (nSPS) is 13.7. The molecule has 0 bridgehead atoms. The molecule has 1 aromatic carbocycles. The van der Waals surface area contributed by atoms with Crippen LogP contribution in [0.25, 0.3) is 6.08 Å². The quantitative estimate of drug-likeness (QED) is 0.558. The number of rotatable bonds is 6. The molecule has 0 aliphatic carbocycles. The first-order chi connectivity index (χ1) is 12.0. The Bertz CT molecular complexity index is 717.